The highest BCUT2D eigenvalue weighted by Crippen LogP contribution is 2.31. The van der Waals surface area contributed by atoms with Crippen LogP contribution >= 0.6 is 0 Å². The first kappa shape index (κ1) is 10.1. The highest BCUT2D eigenvalue weighted by molar-refractivity contribution is 5.33. The normalized spacial score (nSPS) is 32.9. The van der Waals surface area contributed by atoms with Crippen LogP contribution in [0.4, 0.5) is 0 Å². The Balaban J connectivity index is 1.49. The van der Waals surface area contributed by atoms with Crippen LogP contribution in [0.3, 0.4) is 0 Å². The second-order valence-electron chi connectivity index (χ2n) is 5.89. The number of nitrogens with one attached hydrogen (secondary N) is 1. The van der Waals surface area contributed by atoms with Crippen LogP contribution in [-0.2, 0) is 12.8 Å². The van der Waals surface area contributed by atoms with E-state index in [1.165, 1.54) is 38.9 Å². The lowest BCUT2D eigenvalue weighted by Gasteiger charge is -2.24. The maximum Gasteiger partial charge on any atom is 0.0236 e. The molecule has 0 radical (unpaired) electrons. The van der Waals surface area contributed by atoms with Crippen molar-refractivity contribution in [1.82, 2.24) is 10.2 Å². The first-order chi connectivity index (χ1) is 8.40. The van der Waals surface area contributed by atoms with Gasteiger partial charge in [-0.1, -0.05) is 24.3 Å². The molecule has 3 aliphatic rings. The zero-order valence-electron chi connectivity index (χ0n) is 10.2. The average molecular weight is 228 g/mol. The fraction of sp³-hybridized carbons (Fsp3) is 0.600. The van der Waals surface area contributed by atoms with Gasteiger partial charge >= 0.3 is 0 Å². The molecule has 2 nitrogen and oxygen atoms in total. The molecule has 17 heavy (non-hydrogen) atoms. The number of fused-ring (bicyclic) bond motifs is 2. The quantitative estimate of drug-likeness (QED) is 0.782. The Labute approximate surface area is 103 Å². The molecule has 90 valence electrons. The molecule has 1 aliphatic carbocycles. The fourth-order valence-corrected chi connectivity index (χ4v) is 3.97. The van der Waals surface area contributed by atoms with E-state index in [9.17, 15) is 0 Å². The summed E-state index contributed by atoms with van der Waals surface area (Å²) in [7, 11) is 0. The third-order valence-electron chi connectivity index (χ3n) is 4.94. The van der Waals surface area contributed by atoms with Crippen molar-refractivity contribution in [2.45, 2.75) is 31.3 Å². The van der Waals surface area contributed by atoms with Gasteiger partial charge in [0.2, 0.25) is 0 Å². The van der Waals surface area contributed by atoms with E-state index < -0.39 is 0 Å². The number of hydrogen-bond acceptors (Lipinski definition) is 2. The second-order valence-corrected chi connectivity index (χ2v) is 5.89. The molecule has 1 aromatic carbocycles. The average Bonchev–Trinajstić information content (AvgIpc) is 3.01. The zero-order valence-corrected chi connectivity index (χ0v) is 10.2. The van der Waals surface area contributed by atoms with E-state index in [0.717, 1.165) is 18.0 Å². The maximum atomic E-state index is 3.65. The maximum absolute atomic E-state index is 3.65. The number of hydrogen-bond donors (Lipinski definition) is 1. The van der Waals surface area contributed by atoms with Crippen LogP contribution in [0.25, 0.3) is 0 Å². The number of benzene rings is 1. The van der Waals surface area contributed by atoms with Gasteiger partial charge in [0, 0.05) is 25.2 Å². The van der Waals surface area contributed by atoms with Crippen LogP contribution in [-0.4, -0.2) is 36.6 Å². The summed E-state index contributed by atoms with van der Waals surface area (Å²) >= 11 is 0. The van der Waals surface area contributed by atoms with Crippen molar-refractivity contribution in [1.29, 1.82) is 0 Å². The van der Waals surface area contributed by atoms with E-state index in [4.69, 9.17) is 0 Å². The molecule has 2 aliphatic heterocycles. The lowest BCUT2D eigenvalue weighted by molar-refractivity contribution is 0.233. The number of rotatable bonds is 1. The van der Waals surface area contributed by atoms with Crippen LogP contribution in [0.15, 0.2) is 24.3 Å². The summed E-state index contributed by atoms with van der Waals surface area (Å²) in [6.45, 7) is 3.85. The standard InChI is InChI=1S/C15H20N2/c1-2-4-12-8-14(7-11(12)3-1)17-9-13-5-6-16-15(13)10-17/h1-4,13-16H,5-10H2/t13-,15+/m0/s1. The number of likely N-dealkylation sites (tertiary alicyclic amines) is 1. The Morgan fingerprint density at radius 1 is 1.06 bits per heavy atom. The molecule has 2 heteroatoms. The SMILES string of the molecule is c1ccc2c(c1)CC(N1C[C@@H]3CCN[C@@H]3C1)C2. The van der Waals surface area contributed by atoms with Gasteiger partial charge in [0.15, 0.2) is 0 Å². The monoisotopic (exact) mass is 228 g/mol. The van der Waals surface area contributed by atoms with Gasteiger partial charge in [0.05, 0.1) is 0 Å². The highest BCUT2D eigenvalue weighted by atomic mass is 15.2. The predicted molar refractivity (Wildman–Crippen MR) is 69.1 cm³/mol. The first-order valence-corrected chi connectivity index (χ1v) is 6.94. The van der Waals surface area contributed by atoms with E-state index in [1.54, 1.807) is 11.1 Å². The van der Waals surface area contributed by atoms with Gasteiger partial charge in [-0.05, 0) is 42.9 Å². The van der Waals surface area contributed by atoms with Crippen molar-refractivity contribution in [3.8, 4) is 0 Å². The molecule has 0 bridgehead atoms. The van der Waals surface area contributed by atoms with Gasteiger partial charge in [0.1, 0.15) is 0 Å². The Morgan fingerprint density at radius 3 is 2.53 bits per heavy atom. The van der Waals surface area contributed by atoms with Crippen molar-refractivity contribution in [3.05, 3.63) is 35.4 Å². The Hall–Kier alpha value is -0.860. The highest BCUT2D eigenvalue weighted by Gasteiger charge is 2.39. The zero-order chi connectivity index (χ0) is 11.2. The van der Waals surface area contributed by atoms with Gasteiger partial charge in [-0.2, -0.15) is 0 Å². The topological polar surface area (TPSA) is 15.3 Å². The lowest BCUT2D eigenvalue weighted by atomic mass is 10.1. The summed E-state index contributed by atoms with van der Waals surface area (Å²) in [6.07, 6.45) is 3.94. The molecule has 0 spiro atoms. The molecule has 2 heterocycles. The summed E-state index contributed by atoms with van der Waals surface area (Å²) in [5, 5.41) is 3.65. The molecule has 0 unspecified atom stereocenters. The van der Waals surface area contributed by atoms with Crippen LogP contribution in [0.2, 0.25) is 0 Å². The molecule has 2 fully saturated rings. The van der Waals surface area contributed by atoms with Crippen LogP contribution in [0.1, 0.15) is 17.5 Å². The molecule has 4 rings (SSSR count). The molecular formula is C15H20N2. The minimum Gasteiger partial charge on any atom is -0.312 e. The largest absolute Gasteiger partial charge is 0.312 e. The Bertz CT molecular complexity index is 392. The molecule has 1 aromatic rings. The van der Waals surface area contributed by atoms with Gasteiger partial charge in [0.25, 0.3) is 0 Å². The third-order valence-corrected chi connectivity index (χ3v) is 4.94. The summed E-state index contributed by atoms with van der Waals surface area (Å²) < 4.78 is 0. The minimum absolute atomic E-state index is 0.778. The van der Waals surface area contributed by atoms with E-state index in [-0.39, 0.29) is 0 Å². The summed E-state index contributed by atoms with van der Waals surface area (Å²) in [4.78, 5) is 2.74. The molecule has 0 saturated carbocycles. The van der Waals surface area contributed by atoms with Crippen molar-refractivity contribution in [2.75, 3.05) is 19.6 Å². The predicted octanol–water partition coefficient (Wildman–Crippen LogP) is 1.45. The van der Waals surface area contributed by atoms with Crippen molar-refractivity contribution in [3.63, 3.8) is 0 Å². The molecular weight excluding hydrogens is 208 g/mol. The van der Waals surface area contributed by atoms with E-state index in [0.29, 0.717) is 0 Å². The van der Waals surface area contributed by atoms with E-state index >= 15 is 0 Å². The van der Waals surface area contributed by atoms with Gasteiger partial charge in [-0.3, -0.25) is 4.90 Å². The lowest BCUT2D eigenvalue weighted by Crippen LogP contribution is -2.37. The second kappa shape index (κ2) is 3.82. The van der Waals surface area contributed by atoms with Gasteiger partial charge in [-0.25, -0.2) is 0 Å². The van der Waals surface area contributed by atoms with Crippen molar-refractivity contribution < 1.29 is 0 Å². The van der Waals surface area contributed by atoms with Gasteiger partial charge < -0.3 is 5.32 Å². The van der Waals surface area contributed by atoms with E-state index in [2.05, 4.69) is 34.5 Å². The summed E-state index contributed by atoms with van der Waals surface area (Å²) in [6, 6.07) is 10.6. The van der Waals surface area contributed by atoms with Crippen LogP contribution in [0, 0.1) is 5.92 Å². The third kappa shape index (κ3) is 1.62. The minimum atomic E-state index is 0.778. The molecule has 0 aromatic heterocycles. The van der Waals surface area contributed by atoms with Crippen LogP contribution < -0.4 is 5.32 Å². The fourth-order valence-electron chi connectivity index (χ4n) is 3.97. The molecule has 2 saturated heterocycles. The molecule has 2 atom stereocenters. The van der Waals surface area contributed by atoms with E-state index in [1.807, 2.05) is 0 Å². The first-order valence-electron chi connectivity index (χ1n) is 6.94. The number of nitrogens with zero attached hydrogens (tertiary/aromatic N) is 1. The Morgan fingerprint density at radius 2 is 1.82 bits per heavy atom. The van der Waals surface area contributed by atoms with Crippen molar-refractivity contribution >= 4 is 0 Å². The Kier molecular flexibility index (Phi) is 2.27. The molecule has 1 N–H and O–H groups in total. The van der Waals surface area contributed by atoms with Crippen LogP contribution in [0.5, 0.6) is 0 Å². The van der Waals surface area contributed by atoms with Gasteiger partial charge in [-0.15, -0.1) is 0 Å². The molecule has 0 amide bonds. The summed E-state index contributed by atoms with van der Waals surface area (Å²) in [5.41, 5.74) is 3.17. The summed E-state index contributed by atoms with van der Waals surface area (Å²) in [5.74, 6) is 0.929. The smallest absolute Gasteiger partial charge is 0.0236 e. The van der Waals surface area contributed by atoms with Crippen molar-refractivity contribution in [2.24, 2.45) is 5.92 Å².